The summed E-state index contributed by atoms with van der Waals surface area (Å²) in [5, 5.41) is 67.9. The number of hydrogen-bond donors (Lipinski definition) is 26. The van der Waals surface area contributed by atoms with Gasteiger partial charge >= 0.3 is 5.97 Å². The summed E-state index contributed by atoms with van der Waals surface area (Å²) in [6, 6.07) is -26.4. The molecule has 0 bridgehead atoms. The van der Waals surface area contributed by atoms with E-state index in [0.717, 1.165) is 13.8 Å². The van der Waals surface area contributed by atoms with Crippen LogP contribution in [0.1, 0.15) is 179 Å². The Morgan fingerprint density at radius 2 is 0.608 bits per heavy atom. The zero-order chi connectivity index (χ0) is 95.6. The molecule has 0 aromatic carbocycles. The van der Waals surface area contributed by atoms with Gasteiger partial charge < -0.3 is 140 Å². The van der Waals surface area contributed by atoms with Crippen molar-refractivity contribution in [2.45, 2.75) is 277 Å². The number of nitrogens with one attached hydrogen (secondary N) is 17. The number of aromatic nitrogens is 2. The number of aliphatic hydroxyl groups excluding tert-OH is 2. The van der Waals surface area contributed by atoms with Crippen LogP contribution in [0.5, 0.6) is 0 Å². The lowest BCUT2D eigenvalue weighted by atomic mass is 9.97. The number of aliphatic hydroxyl groups is 2. The maximum atomic E-state index is 14.4. The average Bonchev–Trinajstić information content (AvgIpc) is 1.37. The molecule has 0 aliphatic rings. The van der Waals surface area contributed by atoms with Crippen molar-refractivity contribution in [2.24, 2.45) is 64.0 Å². The molecular formula is C76H128N24O25. The summed E-state index contributed by atoms with van der Waals surface area (Å²) < 4.78 is 0. The summed E-state index contributed by atoms with van der Waals surface area (Å²) in [6.45, 7) is 17.4. The third-order valence-corrected chi connectivity index (χ3v) is 19.3. The minimum Gasteiger partial charge on any atom is -0.480 e. The first-order valence-corrected chi connectivity index (χ1v) is 40.7. The molecule has 49 nitrogen and oxygen atoms in total. The molecule has 0 saturated carbocycles. The van der Waals surface area contributed by atoms with Crippen molar-refractivity contribution >= 4 is 130 Å². The molecule has 1 rings (SSSR count). The molecule has 1 aromatic rings. The number of aliphatic carboxylic acids is 1. The summed E-state index contributed by atoms with van der Waals surface area (Å²) in [4.78, 5) is 301. The van der Waals surface area contributed by atoms with Gasteiger partial charge in [0.1, 0.15) is 96.7 Å². The number of nitrogens with two attached hydrogens (primary N) is 6. The van der Waals surface area contributed by atoms with Crippen LogP contribution in [0.2, 0.25) is 0 Å². The first-order valence-electron chi connectivity index (χ1n) is 40.7. The second-order valence-electron chi connectivity index (χ2n) is 31.6. The molecule has 0 spiro atoms. The van der Waals surface area contributed by atoms with E-state index in [9.17, 15) is 121 Å². The lowest BCUT2D eigenvalue weighted by Crippen LogP contribution is -2.62. The van der Waals surface area contributed by atoms with Gasteiger partial charge in [-0.1, -0.05) is 82.1 Å². The number of carbonyl (C=O) groups excluding carboxylic acids is 21. The minimum absolute atomic E-state index is 0.0238. The predicted molar refractivity (Wildman–Crippen MR) is 441 cm³/mol. The molecule has 21 amide bonds. The fourth-order valence-electron chi connectivity index (χ4n) is 11.9. The van der Waals surface area contributed by atoms with E-state index in [4.69, 9.17) is 34.4 Å². The summed E-state index contributed by atoms with van der Waals surface area (Å²) in [5.74, 6) is -26.3. The third-order valence-electron chi connectivity index (χ3n) is 19.3. The van der Waals surface area contributed by atoms with Gasteiger partial charge in [0.25, 0.3) is 0 Å². The van der Waals surface area contributed by atoms with Gasteiger partial charge in [-0.2, -0.15) is 0 Å². The number of aromatic amines is 1. The van der Waals surface area contributed by atoms with E-state index in [0.29, 0.717) is 6.42 Å². The molecular weight excluding hydrogens is 1650 g/mol. The highest BCUT2D eigenvalue weighted by Gasteiger charge is 2.40. The van der Waals surface area contributed by atoms with Crippen molar-refractivity contribution < 1.29 is 121 Å². The van der Waals surface area contributed by atoms with Crippen LogP contribution in [0.4, 0.5) is 0 Å². The van der Waals surface area contributed by atoms with E-state index in [1.54, 1.807) is 62.3 Å². The molecule has 0 radical (unpaired) electrons. The molecule has 0 saturated heterocycles. The highest BCUT2D eigenvalue weighted by Crippen LogP contribution is 2.16. The number of hydrogen-bond acceptors (Lipinski definition) is 26. The number of carboxylic acids is 1. The fraction of sp³-hybridized carbons (Fsp3) is 0.671. The lowest BCUT2D eigenvalue weighted by Gasteiger charge is -2.29. The number of carbonyl (C=O) groups is 22. The Labute approximate surface area is 721 Å². The number of carboxylic acid groups (broad SMARTS) is 1. The predicted octanol–water partition coefficient (Wildman–Crippen LogP) is -10.4. The molecule has 702 valence electrons. The highest BCUT2D eigenvalue weighted by molar-refractivity contribution is 6.02. The second kappa shape index (κ2) is 55.5. The number of H-pyrrole nitrogens is 1. The SMILES string of the molecule is CC[C@H](C)[C@H](NC(=O)CN)C(=O)N[C@@H](C)C(=O)N[C@@H](CC(C)C)C(=O)N[C@@H](Cc1cnc[nH]1)C(=O)N[C@@H](CCC(N)=O)C(=O)N[C@@H](CO)C(=O)N[C@@H](CC(N)=O)C(=O)N[C@@H](CC(C)C)C(=O)N[C@@H](CC(N)=O)C(=O)N[C@@H](C)C(=O)N[C@@H](CCC(N)=O)C(=O)N[C@@H](C)C(=O)N[C@H](C(=O)N[C@@H](CCC(N)=O)C(=O)N[C@@H](CO)C(=O)N[C@@H](CC(C)C)C(=O)O)[C@@H](C)CC. The van der Waals surface area contributed by atoms with Crippen LogP contribution in [0, 0.1) is 29.6 Å². The highest BCUT2D eigenvalue weighted by atomic mass is 16.4. The lowest BCUT2D eigenvalue weighted by molar-refractivity contribution is -0.143. The van der Waals surface area contributed by atoms with Gasteiger partial charge in [0.2, 0.25) is 124 Å². The molecule has 32 N–H and O–H groups in total. The van der Waals surface area contributed by atoms with Crippen LogP contribution < -0.4 is 119 Å². The Kier molecular flexibility index (Phi) is 49.1. The molecule has 1 aromatic heterocycles. The fourth-order valence-corrected chi connectivity index (χ4v) is 11.9. The van der Waals surface area contributed by atoms with Gasteiger partial charge in [0.15, 0.2) is 0 Å². The second-order valence-corrected chi connectivity index (χ2v) is 31.6. The van der Waals surface area contributed by atoms with Crippen molar-refractivity contribution in [2.75, 3.05) is 19.8 Å². The molecule has 0 fully saturated rings. The molecule has 0 aliphatic heterocycles. The third kappa shape index (κ3) is 41.4. The summed E-state index contributed by atoms with van der Waals surface area (Å²) >= 11 is 0. The summed E-state index contributed by atoms with van der Waals surface area (Å²) in [6.07, 6.45) is -2.86. The van der Waals surface area contributed by atoms with Gasteiger partial charge in [-0.15, -0.1) is 0 Å². The number of amides is 21. The summed E-state index contributed by atoms with van der Waals surface area (Å²) in [7, 11) is 0. The molecule has 1 heterocycles. The minimum atomic E-state index is -2.07. The van der Waals surface area contributed by atoms with Crippen LogP contribution in [0.25, 0.3) is 0 Å². The number of primary amides is 5. The van der Waals surface area contributed by atoms with E-state index in [1.807, 2.05) is 0 Å². The van der Waals surface area contributed by atoms with Crippen LogP contribution in [-0.4, -0.2) is 272 Å². The number of imidazole rings is 1. The molecule has 0 aliphatic carbocycles. The van der Waals surface area contributed by atoms with Crippen molar-refractivity contribution in [3.63, 3.8) is 0 Å². The maximum Gasteiger partial charge on any atom is 0.326 e. The standard InChI is InChI=1S/C76H128N24O25/c1-14-36(9)59(99-58(108)28-77)74(122)87-39(12)62(110)91-45(22-33(3)4)68(116)93-47(25-41-29-83-32-84-41)70(118)89-43(17-20-54(79)104)65(113)97-51(30-101)72(120)95-49(27-57(82)107)71(119)92-46(23-34(5)6)69(117)94-48(26-56(81)106)67(115)86-38(11)61(109)88-42(16-19-53(78)103)64(112)85-40(13)63(111)100-60(37(10)15-2)75(123)90-44(18-21-55(80)105)66(114)98-52(31-102)73(121)96-50(76(124)125)24-35(7)8/h29,32-40,42-52,59-60,101-102H,14-28,30-31,77H2,1-13H3,(H2,78,103)(H2,79,104)(H2,80,105)(H2,81,106)(H2,82,107)(H,83,84)(H,85,112)(H,86,115)(H,87,122)(H,88,109)(H,89,118)(H,90,123)(H,91,110)(H,92,119)(H,93,116)(H,94,117)(H,95,120)(H,96,121)(H,97,113)(H,98,114)(H,99,108)(H,100,111)(H,124,125)/t36-,37-,38-,39-,40-,42-,43-,44-,45-,46-,47-,48-,49-,50-,51-,52-,59-,60-/m0/s1. The smallest absolute Gasteiger partial charge is 0.326 e. The first-order chi connectivity index (χ1) is 58.3. The van der Waals surface area contributed by atoms with Gasteiger partial charge in [-0.25, -0.2) is 9.78 Å². The average molecular weight is 1780 g/mol. The van der Waals surface area contributed by atoms with Crippen LogP contribution in [0.15, 0.2) is 12.5 Å². The normalized spacial score (nSPS) is 15.5. The van der Waals surface area contributed by atoms with E-state index < -0.39 is 316 Å². The summed E-state index contributed by atoms with van der Waals surface area (Å²) in [5.41, 5.74) is 32.8. The zero-order valence-electron chi connectivity index (χ0n) is 72.5. The van der Waals surface area contributed by atoms with Gasteiger partial charge in [-0.3, -0.25) is 101 Å². The molecule has 49 heteroatoms. The molecule has 125 heavy (non-hydrogen) atoms. The van der Waals surface area contributed by atoms with Crippen molar-refractivity contribution in [3.05, 3.63) is 18.2 Å². The van der Waals surface area contributed by atoms with Gasteiger partial charge in [0, 0.05) is 37.6 Å². The zero-order valence-corrected chi connectivity index (χ0v) is 72.5. The Morgan fingerprint density at radius 1 is 0.336 bits per heavy atom. The quantitative estimate of drug-likeness (QED) is 0.0288. The van der Waals surface area contributed by atoms with E-state index in [2.05, 4.69) is 95.0 Å². The Morgan fingerprint density at radius 3 is 0.960 bits per heavy atom. The van der Waals surface area contributed by atoms with Crippen molar-refractivity contribution in [3.8, 4) is 0 Å². The van der Waals surface area contributed by atoms with Crippen LogP contribution >= 0.6 is 0 Å². The number of nitrogens with zero attached hydrogens (tertiary/aromatic N) is 1. The van der Waals surface area contributed by atoms with Gasteiger partial charge in [0.05, 0.1) is 38.9 Å². The Bertz CT molecular complexity index is 3920. The molecule has 0 unspecified atom stereocenters. The molecule has 18 atom stereocenters. The van der Waals surface area contributed by atoms with E-state index in [1.165, 1.54) is 26.4 Å². The first kappa shape index (κ1) is 110. The van der Waals surface area contributed by atoms with Crippen molar-refractivity contribution in [1.82, 2.24) is 95.0 Å². The largest absolute Gasteiger partial charge is 0.480 e. The maximum absolute atomic E-state index is 14.4. The monoisotopic (exact) mass is 1780 g/mol. The Balaban J connectivity index is 3.53. The van der Waals surface area contributed by atoms with Gasteiger partial charge in [-0.05, 0) is 88.9 Å². The van der Waals surface area contributed by atoms with Crippen LogP contribution in [0.3, 0.4) is 0 Å². The van der Waals surface area contributed by atoms with E-state index in [-0.39, 0.29) is 49.6 Å². The van der Waals surface area contributed by atoms with Crippen LogP contribution in [-0.2, 0) is 112 Å². The topological polar surface area (TPSA) is 814 Å². The number of rotatable bonds is 60. The van der Waals surface area contributed by atoms with Crippen molar-refractivity contribution in [1.29, 1.82) is 0 Å². The Hall–Kier alpha value is -12.6. The van der Waals surface area contributed by atoms with E-state index >= 15 is 0 Å².